The Morgan fingerprint density at radius 3 is 1.94 bits per heavy atom. The Morgan fingerprint density at radius 1 is 1.18 bits per heavy atom. The van der Waals surface area contributed by atoms with Gasteiger partial charge >= 0.3 is 0 Å². The molecule has 17 heavy (non-hydrogen) atoms. The van der Waals surface area contributed by atoms with Crippen molar-refractivity contribution < 1.29 is 9.53 Å². The zero-order valence-electron chi connectivity index (χ0n) is 12.6. The van der Waals surface area contributed by atoms with Gasteiger partial charge in [-0.25, -0.2) is 0 Å². The van der Waals surface area contributed by atoms with Gasteiger partial charge in [0.15, 0.2) is 0 Å². The van der Waals surface area contributed by atoms with Crippen LogP contribution in [0.4, 0.5) is 0 Å². The molecule has 0 rings (SSSR count). The average molecular weight is 260 g/mol. The van der Waals surface area contributed by atoms with Crippen LogP contribution in [0.25, 0.3) is 0 Å². The summed E-state index contributed by atoms with van der Waals surface area (Å²) < 4.78 is 5.68. The van der Waals surface area contributed by atoms with E-state index in [0.717, 1.165) is 0 Å². The lowest BCUT2D eigenvalue weighted by Crippen LogP contribution is -2.33. The van der Waals surface area contributed by atoms with Crippen molar-refractivity contribution >= 4 is 17.5 Å². The number of carbonyl (C=O) groups is 1. The van der Waals surface area contributed by atoms with E-state index in [-0.39, 0.29) is 22.0 Å². The van der Waals surface area contributed by atoms with Gasteiger partial charge in [0.25, 0.3) is 0 Å². The van der Waals surface area contributed by atoms with Gasteiger partial charge in [0.2, 0.25) is 0 Å². The van der Waals surface area contributed by atoms with Crippen LogP contribution >= 0.6 is 11.8 Å². The molecule has 3 heteroatoms. The summed E-state index contributed by atoms with van der Waals surface area (Å²) in [6, 6.07) is 0. The van der Waals surface area contributed by atoms with Gasteiger partial charge in [-0.2, -0.15) is 11.8 Å². The molecule has 0 aromatic rings. The molecule has 2 atom stereocenters. The first kappa shape index (κ1) is 17.0. The van der Waals surface area contributed by atoms with Crippen molar-refractivity contribution in [2.75, 3.05) is 7.11 Å². The number of ether oxygens (including phenoxy) is 1. The van der Waals surface area contributed by atoms with Gasteiger partial charge in [-0.3, -0.25) is 4.79 Å². The fourth-order valence-corrected chi connectivity index (χ4v) is 3.04. The average Bonchev–Trinajstić information content (AvgIpc) is 2.08. The van der Waals surface area contributed by atoms with Crippen LogP contribution in [0.2, 0.25) is 0 Å². The summed E-state index contributed by atoms with van der Waals surface area (Å²) in [5.41, 5.74) is -0.275. The van der Waals surface area contributed by atoms with Crippen LogP contribution in [0.15, 0.2) is 0 Å². The highest BCUT2D eigenvalue weighted by Gasteiger charge is 2.29. The molecule has 0 aromatic carbocycles. The zero-order valence-corrected chi connectivity index (χ0v) is 13.4. The van der Waals surface area contributed by atoms with E-state index >= 15 is 0 Å². The van der Waals surface area contributed by atoms with Gasteiger partial charge in [-0.05, 0) is 0 Å². The minimum absolute atomic E-state index is 0.00551. The van der Waals surface area contributed by atoms with Crippen molar-refractivity contribution in [1.82, 2.24) is 0 Å². The van der Waals surface area contributed by atoms with E-state index in [0.29, 0.717) is 11.7 Å². The molecule has 0 aliphatic carbocycles. The van der Waals surface area contributed by atoms with Crippen LogP contribution < -0.4 is 0 Å². The normalized spacial score (nSPS) is 16.7. The molecule has 0 radical (unpaired) electrons. The third-order valence-electron chi connectivity index (χ3n) is 2.59. The van der Waals surface area contributed by atoms with Gasteiger partial charge in [-0.15, -0.1) is 0 Å². The van der Waals surface area contributed by atoms with Crippen molar-refractivity contribution in [2.24, 2.45) is 5.41 Å². The van der Waals surface area contributed by atoms with E-state index in [9.17, 15) is 4.79 Å². The molecular weight excluding hydrogens is 232 g/mol. The molecule has 0 aliphatic heterocycles. The summed E-state index contributed by atoms with van der Waals surface area (Å²) in [5.74, 6) is 0.269. The van der Waals surface area contributed by atoms with Gasteiger partial charge in [0.1, 0.15) is 5.78 Å². The maximum atomic E-state index is 12.0. The van der Waals surface area contributed by atoms with Crippen LogP contribution in [0.3, 0.4) is 0 Å². The van der Waals surface area contributed by atoms with Crippen LogP contribution in [0.1, 0.15) is 54.9 Å². The Hall–Kier alpha value is -0.0200. The summed E-state index contributed by atoms with van der Waals surface area (Å²) >= 11 is 1.86. The van der Waals surface area contributed by atoms with E-state index in [1.54, 1.807) is 7.11 Å². The number of ketones is 1. The van der Waals surface area contributed by atoms with E-state index in [4.69, 9.17) is 4.74 Å². The lowest BCUT2D eigenvalue weighted by Gasteiger charge is -2.29. The van der Waals surface area contributed by atoms with E-state index < -0.39 is 0 Å². The summed E-state index contributed by atoms with van der Waals surface area (Å²) in [4.78, 5) is 12.0. The smallest absolute Gasteiger partial charge is 0.140 e. The van der Waals surface area contributed by atoms with Crippen LogP contribution in [0, 0.1) is 5.41 Å². The number of carbonyl (C=O) groups excluding carboxylic acids is 1. The Bertz CT molecular complexity index is 248. The molecule has 0 saturated heterocycles. The number of methoxy groups -OCH3 is 1. The lowest BCUT2D eigenvalue weighted by atomic mass is 9.87. The number of rotatable bonds is 5. The number of thioether (sulfide) groups is 1. The Balaban J connectivity index is 4.49. The van der Waals surface area contributed by atoms with Crippen LogP contribution in [-0.2, 0) is 9.53 Å². The number of hydrogen-bond donors (Lipinski definition) is 0. The van der Waals surface area contributed by atoms with Crippen molar-refractivity contribution in [3.8, 4) is 0 Å². The molecule has 0 saturated carbocycles. The predicted octanol–water partition coefficient (Wildman–Crippen LogP) is 3.93. The van der Waals surface area contributed by atoms with Gasteiger partial charge in [-0.1, -0.05) is 48.5 Å². The van der Waals surface area contributed by atoms with Gasteiger partial charge in [0.05, 0.1) is 6.10 Å². The molecule has 0 spiro atoms. The second kappa shape index (κ2) is 6.24. The van der Waals surface area contributed by atoms with E-state index in [2.05, 4.69) is 27.7 Å². The Kier molecular flexibility index (Phi) is 6.23. The SMILES string of the molecule is CO[C@H](CC(=O)C(C)(C)C)[C@@H](C)SC(C)(C)C. The largest absolute Gasteiger partial charge is 0.380 e. The van der Waals surface area contributed by atoms with Crippen molar-refractivity contribution in [2.45, 2.75) is 71.0 Å². The molecule has 0 amide bonds. The third-order valence-corrected chi connectivity index (χ3v) is 3.97. The minimum Gasteiger partial charge on any atom is -0.380 e. The van der Waals surface area contributed by atoms with Crippen molar-refractivity contribution in [1.29, 1.82) is 0 Å². The third kappa shape index (κ3) is 7.10. The molecule has 0 fully saturated rings. The quantitative estimate of drug-likeness (QED) is 0.749. The molecule has 0 aromatic heterocycles. The first-order valence-electron chi connectivity index (χ1n) is 6.21. The molecule has 2 nitrogen and oxygen atoms in total. The number of Topliss-reactive ketones (excluding diaryl/α,β-unsaturated/α-hetero) is 1. The first-order valence-corrected chi connectivity index (χ1v) is 7.09. The maximum Gasteiger partial charge on any atom is 0.140 e. The highest BCUT2D eigenvalue weighted by molar-refractivity contribution is 8.01. The topological polar surface area (TPSA) is 26.3 Å². The van der Waals surface area contributed by atoms with Crippen molar-refractivity contribution in [3.05, 3.63) is 0 Å². The molecule has 0 unspecified atom stereocenters. The van der Waals surface area contributed by atoms with Gasteiger partial charge < -0.3 is 4.74 Å². The molecule has 0 N–H and O–H groups in total. The molecule has 0 aliphatic rings. The first-order chi connectivity index (χ1) is 7.47. The highest BCUT2D eigenvalue weighted by atomic mass is 32.2. The molecule has 102 valence electrons. The Labute approximate surface area is 111 Å². The standard InChI is InChI=1S/C14H28O2S/c1-10(17-14(5,6)7)11(16-8)9-12(15)13(2,3)4/h10-11H,9H2,1-8H3/t10-,11-/m1/s1. The van der Waals surface area contributed by atoms with Crippen LogP contribution in [0.5, 0.6) is 0 Å². The number of hydrogen-bond acceptors (Lipinski definition) is 3. The minimum atomic E-state index is -0.275. The monoisotopic (exact) mass is 260 g/mol. The maximum absolute atomic E-state index is 12.0. The van der Waals surface area contributed by atoms with Gasteiger partial charge in [0, 0.05) is 28.9 Å². The molecule has 0 heterocycles. The van der Waals surface area contributed by atoms with E-state index in [1.165, 1.54) is 0 Å². The molecule has 0 bridgehead atoms. The fraction of sp³-hybridized carbons (Fsp3) is 0.929. The summed E-state index contributed by atoms with van der Waals surface area (Å²) in [5, 5.41) is 0.325. The second-order valence-electron chi connectivity index (χ2n) is 6.59. The summed E-state index contributed by atoms with van der Waals surface area (Å²) in [6.07, 6.45) is 0.510. The zero-order chi connectivity index (χ0) is 13.9. The summed E-state index contributed by atoms with van der Waals surface area (Å²) in [7, 11) is 1.69. The summed E-state index contributed by atoms with van der Waals surface area (Å²) in [6.45, 7) is 14.6. The second-order valence-corrected chi connectivity index (χ2v) is 8.79. The fourth-order valence-electron chi connectivity index (χ4n) is 1.56. The molecular formula is C14H28O2S. The highest BCUT2D eigenvalue weighted by Crippen LogP contribution is 2.32. The lowest BCUT2D eigenvalue weighted by molar-refractivity contribution is -0.128. The van der Waals surface area contributed by atoms with Crippen molar-refractivity contribution in [3.63, 3.8) is 0 Å². The Morgan fingerprint density at radius 2 is 1.65 bits per heavy atom. The predicted molar refractivity (Wildman–Crippen MR) is 76.7 cm³/mol. The van der Waals surface area contributed by atoms with E-state index in [1.807, 2.05) is 32.5 Å². The van der Waals surface area contributed by atoms with Crippen LogP contribution in [-0.4, -0.2) is 29.0 Å².